The summed E-state index contributed by atoms with van der Waals surface area (Å²) < 4.78 is 10.6. The Labute approximate surface area is 113 Å². The Hall–Kier alpha value is -2.04. The van der Waals surface area contributed by atoms with Gasteiger partial charge in [-0.05, 0) is 18.6 Å². The van der Waals surface area contributed by atoms with Crippen LogP contribution in [0.25, 0.3) is 0 Å². The van der Waals surface area contributed by atoms with Gasteiger partial charge in [0.25, 0.3) is 0 Å². The monoisotopic (exact) mass is 261 g/mol. The zero-order valence-electron chi connectivity index (χ0n) is 11.5. The summed E-state index contributed by atoms with van der Waals surface area (Å²) in [4.78, 5) is 0. The summed E-state index contributed by atoms with van der Waals surface area (Å²) in [6.45, 7) is 2.12. The Morgan fingerprint density at radius 2 is 2.05 bits per heavy atom. The van der Waals surface area contributed by atoms with Crippen LogP contribution in [0.2, 0.25) is 0 Å². The highest BCUT2D eigenvalue weighted by atomic mass is 16.5. The van der Waals surface area contributed by atoms with E-state index in [9.17, 15) is 0 Å². The van der Waals surface area contributed by atoms with Gasteiger partial charge in [-0.3, -0.25) is 0 Å². The molecule has 1 unspecified atom stereocenters. The van der Waals surface area contributed by atoms with Gasteiger partial charge in [0, 0.05) is 24.0 Å². The number of ether oxygens (including phenoxy) is 2. The molecule has 0 saturated heterocycles. The Balaban J connectivity index is 2.45. The van der Waals surface area contributed by atoms with Crippen molar-refractivity contribution in [2.45, 2.75) is 19.8 Å². The quantitative estimate of drug-likeness (QED) is 0.903. The van der Waals surface area contributed by atoms with E-state index in [1.165, 1.54) is 0 Å². The van der Waals surface area contributed by atoms with E-state index in [-0.39, 0.29) is 5.92 Å². The van der Waals surface area contributed by atoms with Gasteiger partial charge in [-0.2, -0.15) is 5.10 Å². The third kappa shape index (κ3) is 2.70. The van der Waals surface area contributed by atoms with Gasteiger partial charge in [0.1, 0.15) is 17.3 Å². The number of hydrogen-bond donors (Lipinski definition) is 1. The molecule has 1 heterocycles. The second-order valence-electron chi connectivity index (χ2n) is 4.45. The van der Waals surface area contributed by atoms with Crippen molar-refractivity contribution in [2.75, 3.05) is 14.2 Å². The van der Waals surface area contributed by atoms with Gasteiger partial charge in [-0.1, -0.05) is 6.92 Å². The summed E-state index contributed by atoms with van der Waals surface area (Å²) in [5.74, 6) is 2.36. The molecule has 0 aliphatic carbocycles. The first-order chi connectivity index (χ1) is 9.19. The van der Waals surface area contributed by atoms with Gasteiger partial charge in [0.05, 0.1) is 19.9 Å². The molecule has 5 heteroatoms. The lowest BCUT2D eigenvalue weighted by molar-refractivity contribution is 0.393. The number of benzene rings is 1. The van der Waals surface area contributed by atoms with Gasteiger partial charge >= 0.3 is 0 Å². The van der Waals surface area contributed by atoms with Crippen LogP contribution in [-0.4, -0.2) is 25.8 Å². The molecule has 1 aliphatic rings. The van der Waals surface area contributed by atoms with Crippen LogP contribution in [0.15, 0.2) is 28.4 Å². The van der Waals surface area contributed by atoms with Gasteiger partial charge in [-0.25, -0.2) is 0 Å². The van der Waals surface area contributed by atoms with E-state index in [0.717, 1.165) is 35.6 Å². The molecule has 2 rings (SSSR count). The summed E-state index contributed by atoms with van der Waals surface area (Å²) in [6, 6.07) is 5.71. The molecule has 1 aliphatic heterocycles. The van der Waals surface area contributed by atoms with Gasteiger partial charge in [-0.15, -0.1) is 5.10 Å². The molecule has 0 amide bonds. The smallest absolute Gasteiger partial charge is 0.131 e. The first-order valence-electron chi connectivity index (χ1n) is 6.31. The highest BCUT2D eigenvalue weighted by Crippen LogP contribution is 2.30. The van der Waals surface area contributed by atoms with E-state index in [4.69, 9.17) is 15.2 Å². The van der Waals surface area contributed by atoms with Crippen molar-refractivity contribution in [3.8, 4) is 11.5 Å². The van der Waals surface area contributed by atoms with Gasteiger partial charge in [0.15, 0.2) is 0 Å². The highest BCUT2D eigenvalue weighted by molar-refractivity contribution is 6.07. The second-order valence-corrected chi connectivity index (χ2v) is 4.45. The predicted molar refractivity (Wildman–Crippen MR) is 76.1 cm³/mol. The summed E-state index contributed by atoms with van der Waals surface area (Å²) in [5, 5.41) is 8.26. The molecule has 2 N–H and O–H groups in total. The normalized spacial score (nSPS) is 18.6. The summed E-state index contributed by atoms with van der Waals surface area (Å²) >= 11 is 0. The minimum Gasteiger partial charge on any atom is -0.497 e. The summed E-state index contributed by atoms with van der Waals surface area (Å²) in [6.07, 6.45) is 1.70. The van der Waals surface area contributed by atoms with Crippen molar-refractivity contribution in [3.05, 3.63) is 23.8 Å². The Morgan fingerprint density at radius 3 is 2.68 bits per heavy atom. The lowest BCUT2D eigenvalue weighted by Crippen LogP contribution is -2.27. The molecule has 5 nitrogen and oxygen atoms in total. The number of nitrogens with zero attached hydrogens (tertiary/aromatic N) is 2. The van der Waals surface area contributed by atoms with Crippen molar-refractivity contribution in [1.29, 1.82) is 0 Å². The summed E-state index contributed by atoms with van der Waals surface area (Å²) in [7, 11) is 3.27. The highest BCUT2D eigenvalue weighted by Gasteiger charge is 2.24. The standard InChI is InChI=1S/C14H19N3O2/c1-4-9-7-13(15)16-17-14(9)11-6-5-10(18-2)8-12(11)19-3/h5-6,8-9H,4,7H2,1-3H3,(H2,15,16). The van der Waals surface area contributed by atoms with Crippen molar-refractivity contribution in [2.24, 2.45) is 21.9 Å². The molecule has 0 bridgehead atoms. The fourth-order valence-electron chi connectivity index (χ4n) is 2.21. The van der Waals surface area contributed by atoms with Crippen LogP contribution < -0.4 is 15.2 Å². The Morgan fingerprint density at radius 1 is 1.26 bits per heavy atom. The Kier molecular flexibility index (Phi) is 4.04. The van der Waals surface area contributed by atoms with E-state index in [0.29, 0.717) is 5.84 Å². The van der Waals surface area contributed by atoms with Crippen molar-refractivity contribution in [1.82, 2.24) is 0 Å². The average molecular weight is 261 g/mol. The van der Waals surface area contributed by atoms with Crippen molar-refractivity contribution >= 4 is 11.5 Å². The number of hydrogen-bond acceptors (Lipinski definition) is 5. The first-order valence-corrected chi connectivity index (χ1v) is 6.31. The largest absolute Gasteiger partial charge is 0.497 e. The maximum atomic E-state index is 5.75. The minimum absolute atomic E-state index is 0.278. The number of amidine groups is 1. The molecule has 1 aromatic rings. The maximum Gasteiger partial charge on any atom is 0.131 e. The number of rotatable bonds is 4. The molecule has 0 fully saturated rings. The maximum absolute atomic E-state index is 5.75. The molecule has 0 saturated carbocycles. The van der Waals surface area contributed by atoms with Crippen LogP contribution in [0.4, 0.5) is 0 Å². The second kappa shape index (κ2) is 5.73. The molecular formula is C14H19N3O2. The molecule has 102 valence electrons. The molecule has 0 radical (unpaired) electrons. The topological polar surface area (TPSA) is 69.2 Å². The van der Waals surface area contributed by atoms with Crippen LogP contribution in [0.3, 0.4) is 0 Å². The van der Waals surface area contributed by atoms with Crippen molar-refractivity contribution < 1.29 is 9.47 Å². The van der Waals surface area contributed by atoms with Crippen LogP contribution in [0.1, 0.15) is 25.3 Å². The molecule has 1 aromatic carbocycles. The minimum atomic E-state index is 0.278. The Bertz CT molecular complexity index is 523. The SMILES string of the molecule is CCC1CC(N)=NN=C1c1ccc(OC)cc1OC. The van der Waals surface area contributed by atoms with E-state index < -0.39 is 0 Å². The van der Waals surface area contributed by atoms with Crippen LogP contribution >= 0.6 is 0 Å². The molecule has 0 spiro atoms. The van der Waals surface area contributed by atoms with Crippen LogP contribution in [0, 0.1) is 5.92 Å². The number of nitrogens with two attached hydrogens (primary N) is 1. The lowest BCUT2D eigenvalue weighted by atomic mass is 9.90. The molecule has 1 atom stereocenters. The molecular weight excluding hydrogens is 242 g/mol. The average Bonchev–Trinajstić information content (AvgIpc) is 2.46. The first kappa shape index (κ1) is 13.4. The van der Waals surface area contributed by atoms with E-state index in [1.54, 1.807) is 14.2 Å². The predicted octanol–water partition coefficient (Wildman–Crippen LogP) is 2.20. The fourth-order valence-corrected chi connectivity index (χ4v) is 2.21. The van der Waals surface area contributed by atoms with E-state index in [2.05, 4.69) is 17.1 Å². The van der Waals surface area contributed by atoms with Crippen LogP contribution in [0.5, 0.6) is 11.5 Å². The third-order valence-electron chi connectivity index (χ3n) is 3.31. The third-order valence-corrected chi connectivity index (χ3v) is 3.31. The van der Waals surface area contributed by atoms with Crippen molar-refractivity contribution in [3.63, 3.8) is 0 Å². The zero-order chi connectivity index (χ0) is 13.8. The molecule has 19 heavy (non-hydrogen) atoms. The number of methoxy groups -OCH3 is 2. The van der Waals surface area contributed by atoms with E-state index >= 15 is 0 Å². The van der Waals surface area contributed by atoms with Crippen LogP contribution in [-0.2, 0) is 0 Å². The lowest BCUT2D eigenvalue weighted by Gasteiger charge is -2.21. The zero-order valence-corrected chi connectivity index (χ0v) is 11.5. The van der Waals surface area contributed by atoms with Gasteiger partial charge in [0.2, 0.25) is 0 Å². The fraction of sp³-hybridized carbons (Fsp3) is 0.429. The molecule has 0 aromatic heterocycles. The summed E-state index contributed by atoms with van der Waals surface area (Å²) in [5.41, 5.74) is 7.63. The van der Waals surface area contributed by atoms with E-state index in [1.807, 2.05) is 18.2 Å². The van der Waals surface area contributed by atoms with Gasteiger partial charge < -0.3 is 15.2 Å².